The smallest absolute Gasteiger partial charge is 0.306 e. The number of hydrogen-bond donors (Lipinski definition) is 3. The number of hydrogen-bond acceptors (Lipinski definition) is 3. The minimum Gasteiger partial charge on any atom is -0.481 e. The molecule has 1 fully saturated rings. The monoisotopic (exact) mass is 188 g/mol. The van der Waals surface area contributed by atoms with Gasteiger partial charge in [-0.3, -0.25) is 4.79 Å². The number of carboxylic acid groups (broad SMARTS) is 1. The van der Waals surface area contributed by atoms with Crippen LogP contribution in [0.1, 0.15) is 26.2 Å². The third-order valence-corrected chi connectivity index (χ3v) is 2.86. The van der Waals surface area contributed by atoms with Gasteiger partial charge >= 0.3 is 5.97 Å². The summed E-state index contributed by atoms with van der Waals surface area (Å²) in [6.07, 6.45) is 0.619. The maximum absolute atomic E-state index is 10.7. The zero-order valence-corrected chi connectivity index (χ0v) is 7.68. The van der Waals surface area contributed by atoms with Gasteiger partial charge in [0.2, 0.25) is 0 Å². The molecule has 0 aliphatic heterocycles. The van der Waals surface area contributed by atoms with Gasteiger partial charge in [-0.1, -0.05) is 6.92 Å². The number of carbonyl (C=O) groups is 1. The van der Waals surface area contributed by atoms with Crippen molar-refractivity contribution in [1.82, 2.24) is 0 Å². The molecule has 1 aliphatic rings. The summed E-state index contributed by atoms with van der Waals surface area (Å²) in [6, 6.07) is 0. The Kier molecular flexibility index (Phi) is 3.27. The average Bonchev–Trinajstić information content (AvgIpc) is 2.03. The Morgan fingerprint density at radius 3 is 2.15 bits per heavy atom. The lowest BCUT2D eigenvalue weighted by Gasteiger charge is -2.34. The van der Waals surface area contributed by atoms with Crippen LogP contribution in [0.25, 0.3) is 0 Å². The standard InChI is InChI=1S/C9H16O4/c1-5(9(12)13)8-6(10)3-2-4-7(8)11/h5-8,10-11H,2-4H2,1H3,(H,12,13). The van der Waals surface area contributed by atoms with Crippen molar-refractivity contribution >= 4 is 5.97 Å². The predicted molar refractivity (Wildman–Crippen MR) is 46.2 cm³/mol. The van der Waals surface area contributed by atoms with Gasteiger partial charge in [0.25, 0.3) is 0 Å². The van der Waals surface area contributed by atoms with Crippen LogP contribution in [0.3, 0.4) is 0 Å². The Morgan fingerprint density at radius 1 is 1.31 bits per heavy atom. The van der Waals surface area contributed by atoms with Crippen LogP contribution in [-0.2, 0) is 4.79 Å². The van der Waals surface area contributed by atoms with Crippen molar-refractivity contribution in [2.45, 2.75) is 38.4 Å². The maximum atomic E-state index is 10.7. The molecule has 4 nitrogen and oxygen atoms in total. The quantitative estimate of drug-likeness (QED) is 0.579. The van der Waals surface area contributed by atoms with Crippen molar-refractivity contribution in [3.05, 3.63) is 0 Å². The number of rotatable bonds is 2. The molecular formula is C9H16O4. The molecule has 3 unspecified atom stereocenters. The highest BCUT2D eigenvalue weighted by atomic mass is 16.4. The van der Waals surface area contributed by atoms with E-state index in [9.17, 15) is 15.0 Å². The molecule has 0 aromatic rings. The van der Waals surface area contributed by atoms with E-state index in [0.717, 1.165) is 6.42 Å². The fourth-order valence-corrected chi connectivity index (χ4v) is 2.01. The Hall–Kier alpha value is -0.610. The van der Waals surface area contributed by atoms with Gasteiger partial charge in [0.05, 0.1) is 18.1 Å². The number of aliphatic carboxylic acids is 1. The maximum Gasteiger partial charge on any atom is 0.306 e. The van der Waals surface area contributed by atoms with Crippen LogP contribution in [0.4, 0.5) is 0 Å². The summed E-state index contributed by atoms with van der Waals surface area (Å²) in [5.41, 5.74) is 0. The van der Waals surface area contributed by atoms with Gasteiger partial charge in [-0.05, 0) is 19.3 Å². The van der Waals surface area contributed by atoms with E-state index in [2.05, 4.69) is 0 Å². The summed E-state index contributed by atoms with van der Waals surface area (Å²) < 4.78 is 0. The summed E-state index contributed by atoms with van der Waals surface area (Å²) in [5.74, 6) is -2.14. The van der Waals surface area contributed by atoms with E-state index in [0.29, 0.717) is 12.8 Å². The molecule has 1 rings (SSSR count). The van der Waals surface area contributed by atoms with Gasteiger partial charge in [-0.15, -0.1) is 0 Å². The summed E-state index contributed by atoms with van der Waals surface area (Å²) in [6.45, 7) is 1.53. The molecule has 0 heterocycles. The van der Waals surface area contributed by atoms with Crippen LogP contribution in [0.5, 0.6) is 0 Å². The van der Waals surface area contributed by atoms with E-state index >= 15 is 0 Å². The van der Waals surface area contributed by atoms with Crippen molar-refractivity contribution < 1.29 is 20.1 Å². The van der Waals surface area contributed by atoms with Crippen molar-refractivity contribution in [3.63, 3.8) is 0 Å². The van der Waals surface area contributed by atoms with Gasteiger partial charge in [-0.25, -0.2) is 0 Å². The minimum absolute atomic E-state index is 0.508. The van der Waals surface area contributed by atoms with E-state index in [1.165, 1.54) is 6.92 Å². The van der Waals surface area contributed by atoms with Crippen LogP contribution >= 0.6 is 0 Å². The largest absolute Gasteiger partial charge is 0.481 e. The third-order valence-electron chi connectivity index (χ3n) is 2.86. The van der Waals surface area contributed by atoms with Gasteiger partial charge in [0, 0.05) is 5.92 Å². The molecule has 3 atom stereocenters. The Labute approximate surface area is 77.2 Å². The fraction of sp³-hybridized carbons (Fsp3) is 0.889. The summed E-state index contributed by atoms with van der Waals surface area (Å²) in [7, 11) is 0. The molecule has 1 saturated carbocycles. The topological polar surface area (TPSA) is 77.8 Å². The van der Waals surface area contributed by atoms with Gasteiger partial charge < -0.3 is 15.3 Å². The van der Waals surface area contributed by atoms with E-state index in [-0.39, 0.29) is 0 Å². The van der Waals surface area contributed by atoms with Crippen molar-refractivity contribution in [3.8, 4) is 0 Å². The molecule has 1 aliphatic carbocycles. The second-order valence-corrected chi connectivity index (χ2v) is 3.77. The highest BCUT2D eigenvalue weighted by Crippen LogP contribution is 2.30. The third kappa shape index (κ3) is 2.19. The van der Waals surface area contributed by atoms with Crippen LogP contribution in [0.2, 0.25) is 0 Å². The molecule has 0 radical (unpaired) electrons. The van der Waals surface area contributed by atoms with Crippen LogP contribution in [0, 0.1) is 11.8 Å². The molecule has 4 heteroatoms. The lowest BCUT2D eigenvalue weighted by atomic mass is 9.76. The zero-order chi connectivity index (χ0) is 10.0. The molecule has 3 N–H and O–H groups in total. The van der Waals surface area contributed by atoms with E-state index in [4.69, 9.17) is 5.11 Å². The lowest BCUT2D eigenvalue weighted by Crippen LogP contribution is -2.42. The van der Waals surface area contributed by atoms with Gasteiger partial charge in [0.1, 0.15) is 0 Å². The summed E-state index contributed by atoms with van der Waals surface area (Å²) in [5, 5.41) is 27.8. The lowest BCUT2D eigenvalue weighted by molar-refractivity contribution is -0.149. The molecule has 0 amide bonds. The van der Waals surface area contributed by atoms with E-state index in [1.54, 1.807) is 0 Å². The number of carboxylic acids is 1. The minimum atomic E-state index is -0.954. The first-order valence-electron chi connectivity index (χ1n) is 4.63. The van der Waals surface area contributed by atoms with Gasteiger partial charge in [-0.2, -0.15) is 0 Å². The second-order valence-electron chi connectivity index (χ2n) is 3.77. The molecular weight excluding hydrogens is 172 g/mol. The molecule has 0 saturated heterocycles. The van der Waals surface area contributed by atoms with Crippen molar-refractivity contribution in [2.24, 2.45) is 11.8 Å². The molecule has 0 aromatic carbocycles. The fourth-order valence-electron chi connectivity index (χ4n) is 2.01. The molecule has 0 bridgehead atoms. The molecule has 13 heavy (non-hydrogen) atoms. The second kappa shape index (κ2) is 4.07. The van der Waals surface area contributed by atoms with Gasteiger partial charge in [0.15, 0.2) is 0 Å². The molecule has 76 valence electrons. The SMILES string of the molecule is CC(C(=O)O)C1C(O)CCCC1O. The average molecular weight is 188 g/mol. The van der Waals surface area contributed by atoms with Crippen molar-refractivity contribution in [2.75, 3.05) is 0 Å². The first-order valence-corrected chi connectivity index (χ1v) is 4.63. The Bertz CT molecular complexity index is 182. The van der Waals surface area contributed by atoms with Crippen molar-refractivity contribution in [1.29, 1.82) is 0 Å². The highest BCUT2D eigenvalue weighted by molar-refractivity contribution is 5.70. The van der Waals surface area contributed by atoms with Crippen LogP contribution in [-0.4, -0.2) is 33.5 Å². The first-order chi connectivity index (χ1) is 6.04. The highest BCUT2D eigenvalue weighted by Gasteiger charge is 2.37. The zero-order valence-electron chi connectivity index (χ0n) is 7.68. The van der Waals surface area contributed by atoms with E-state index < -0.39 is 30.0 Å². The predicted octanol–water partition coefficient (Wildman–Crippen LogP) is 0.229. The normalized spacial score (nSPS) is 37.0. The van der Waals surface area contributed by atoms with E-state index in [1.807, 2.05) is 0 Å². The Balaban J connectivity index is 2.67. The Morgan fingerprint density at radius 2 is 1.77 bits per heavy atom. The molecule has 0 spiro atoms. The van der Waals surface area contributed by atoms with Crippen LogP contribution in [0.15, 0.2) is 0 Å². The number of aliphatic hydroxyl groups is 2. The summed E-state index contributed by atoms with van der Waals surface area (Å²) >= 11 is 0. The molecule has 0 aromatic heterocycles. The summed E-state index contributed by atoms with van der Waals surface area (Å²) in [4.78, 5) is 10.7. The first kappa shape index (κ1) is 10.5. The number of aliphatic hydroxyl groups excluding tert-OH is 2. The van der Waals surface area contributed by atoms with Crippen LogP contribution < -0.4 is 0 Å².